The summed E-state index contributed by atoms with van der Waals surface area (Å²) in [7, 11) is 1.69. The normalized spacial score (nSPS) is 17.3. The molecule has 1 fully saturated rings. The fraction of sp³-hybridized carbons (Fsp3) is 0.519. The first-order valence-corrected chi connectivity index (χ1v) is 12.8. The summed E-state index contributed by atoms with van der Waals surface area (Å²) in [5.41, 5.74) is 3.33. The predicted octanol–water partition coefficient (Wildman–Crippen LogP) is 5.33. The third-order valence-electron chi connectivity index (χ3n) is 6.64. The number of rotatable bonds is 9. The maximum absolute atomic E-state index is 12.3. The molecule has 0 aromatic heterocycles. The van der Waals surface area contributed by atoms with Crippen LogP contribution in [0.2, 0.25) is 0 Å². The molecule has 1 saturated heterocycles. The van der Waals surface area contributed by atoms with Crippen molar-refractivity contribution in [2.75, 3.05) is 46.6 Å². The molecule has 5 nitrogen and oxygen atoms in total. The Morgan fingerprint density at radius 3 is 2.73 bits per heavy atom. The SMILES string of the molecule is COCCOc1cc(CC2CCN(CCc3ccc4c(c3)C(=O)CCCO4)CC2)ccc1Br. The molecular formula is C27H34BrNO4. The van der Waals surface area contributed by atoms with E-state index in [9.17, 15) is 4.79 Å². The third-order valence-corrected chi connectivity index (χ3v) is 7.29. The van der Waals surface area contributed by atoms with E-state index in [0.29, 0.717) is 32.2 Å². The number of Topliss-reactive ketones (excluding diaryl/α,β-unsaturated/α-hetero) is 1. The molecule has 178 valence electrons. The summed E-state index contributed by atoms with van der Waals surface area (Å²) < 4.78 is 17.6. The maximum atomic E-state index is 12.3. The first-order chi connectivity index (χ1) is 16.1. The topological polar surface area (TPSA) is 48.0 Å². The smallest absolute Gasteiger partial charge is 0.166 e. The van der Waals surface area contributed by atoms with Crippen molar-refractivity contribution >= 4 is 21.7 Å². The minimum absolute atomic E-state index is 0.213. The van der Waals surface area contributed by atoms with E-state index in [1.165, 1.54) is 24.0 Å². The highest BCUT2D eigenvalue weighted by atomic mass is 79.9. The van der Waals surface area contributed by atoms with E-state index < -0.39 is 0 Å². The fourth-order valence-corrected chi connectivity index (χ4v) is 5.04. The lowest BCUT2D eigenvalue weighted by Crippen LogP contribution is -2.35. The van der Waals surface area contributed by atoms with Gasteiger partial charge in [-0.25, -0.2) is 0 Å². The Balaban J connectivity index is 1.24. The number of hydrogen-bond acceptors (Lipinski definition) is 5. The molecule has 6 heteroatoms. The maximum Gasteiger partial charge on any atom is 0.166 e. The molecule has 2 aromatic rings. The molecule has 2 heterocycles. The van der Waals surface area contributed by atoms with Crippen LogP contribution in [0.4, 0.5) is 0 Å². The number of likely N-dealkylation sites (tertiary alicyclic amines) is 1. The van der Waals surface area contributed by atoms with Crippen LogP contribution >= 0.6 is 15.9 Å². The Morgan fingerprint density at radius 2 is 1.91 bits per heavy atom. The quantitative estimate of drug-likeness (QED) is 0.422. The van der Waals surface area contributed by atoms with Gasteiger partial charge in [-0.05, 0) is 102 Å². The highest BCUT2D eigenvalue weighted by molar-refractivity contribution is 9.10. The van der Waals surface area contributed by atoms with Gasteiger partial charge in [-0.3, -0.25) is 4.79 Å². The summed E-state index contributed by atoms with van der Waals surface area (Å²) in [5.74, 6) is 2.57. The van der Waals surface area contributed by atoms with E-state index in [1.54, 1.807) is 7.11 Å². The van der Waals surface area contributed by atoms with Gasteiger partial charge in [0.05, 0.1) is 23.2 Å². The molecule has 0 N–H and O–H groups in total. The van der Waals surface area contributed by atoms with Crippen molar-refractivity contribution in [2.45, 2.75) is 38.5 Å². The summed E-state index contributed by atoms with van der Waals surface area (Å²) in [6.07, 6.45) is 5.89. The lowest BCUT2D eigenvalue weighted by molar-refractivity contribution is 0.0983. The van der Waals surface area contributed by atoms with Gasteiger partial charge in [0.15, 0.2) is 5.78 Å². The van der Waals surface area contributed by atoms with Crippen molar-refractivity contribution in [3.05, 3.63) is 57.6 Å². The Morgan fingerprint density at radius 1 is 1.09 bits per heavy atom. The number of hydrogen-bond donors (Lipinski definition) is 0. The van der Waals surface area contributed by atoms with Gasteiger partial charge in [0.1, 0.15) is 18.1 Å². The van der Waals surface area contributed by atoms with Crippen molar-refractivity contribution in [3.8, 4) is 11.5 Å². The average Bonchev–Trinajstić information content (AvgIpc) is 3.02. The summed E-state index contributed by atoms with van der Waals surface area (Å²) in [5, 5.41) is 0. The number of benzene rings is 2. The zero-order chi connectivity index (χ0) is 23.0. The van der Waals surface area contributed by atoms with Crippen molar-refractivity contribution in [2.24, 2.45) is 5.92 Å². The van der Waals surface area contributed by atoms with E-state index in [-0.39, 0.29) is 5.78 Å². The van der Waals surface area contributed by atoms with E-state index in [1.807, 2.05) is 6.07 Å². The molecule has 0 atom stereocenters. The van der Waals surface area contributed by atoms with Crippen LogP contribution < -0.4 is 9.47 Å². The van der Waals surface area contributed by atoms with E-state index in [2.05, 4.69) is 51.2 Å². The molecule has 0 amide bonds. The molecule has 0 saturated carbocycles. The second-order valence-electron chi connectivity index (χ2n) is 9.05. The zero-order valence-electron chi connectivity index (χ0n) is 19.5. The molecule has 33 heavy (non-hydrogen) atoms. The highest BCUT2D eigenvalue weighted by Crippen LogP contribution is 2.30. The van der Waals surface area contributed by atoms with Crippen molar-refractivity contribution < 1.29 is 19.0 Å². The lowest BCUT2D eigenvalue weighted by Gasteiger charge is -2.32. The molecule has 4 rings (SSSR count). The third kappa shape index (κ3) is 6.81. The molecular weight excluding hydrogens is 482 g/mol. The monoisotopic (exact) mass is 515 g/mol. The van der Waals surface area contributed by atoms with Crippen LogP contribution in [0.5, 0.6) is 11.5 Å². The van der Waals surface area contributed by atoms with Gasteiger partial charge >= 0.3 is 0 Å². The molecule has 0 radical (unpaired) electrons. The van der Waals surface area contributed by atoms with Gasteiger partial charge in [-0.1, -0.05) is 12.1 Å². The van der Waals surface area contributed by atoms with Crippen LogP contribution in [0.1, 0.15) is 47.2 Å². The van der Waals surface area contributed by atoms with Crippen LogP contribution in [0.15, 0.2) is 40.9 Å². The minimum atomic E-state index is 0.213. The van der Waals surface area contributed by atoms with Crippen molar-refractivity contribution in [1.82, 2.24) is 4.90 Å². The van der Waals surface area contributed by atoms with E-state index in [0.717, 1.165) is 60.4 Å². The van der Waals surface area contributed by atoms with Crippen molar-refractivity contribution in [1.29, 1.82) is 0 Å². The number of carbonyl (C=O) groups excluding carboxylic acids is 1. The summed E-state index contributed by atoms with van der Waals surface area (Å²) >= 11 is 3.58. The van der Waals surface area contributed by atoms with Gasteiger partial charge in [-0.2, -0.15) is 0 Å². The Hall–Kier alpha value is -1.89. The number of ether oxygens (including phenoxy) is 3. The Bertz CT molecular complexity index is 940. The first-order valence-electron chi connectivity index (χ1n) is 12.0. The molecule has 0 aliphatic carbocycles. The predicted molar refractivity (Wildman–Crippen MR) is 134 cm³/mol. The van der Waals surface area contributed by atoms with E-state index >= 15 is 0 Å². The number of methoxy groups -OCH3 is 1. The Kier molecular flexibility index (Phi) is 8.82. The Labute approximate surface area is 205 Å². The lowest BCUT2D eigenvalue weighted by atomic mass is 9.90. The van der Waals surface area contributed by atoms with Gasteiger partial charge in [-0.15, -0.1) is 0 Å². The highest BCUT2D eigenvalue weighted by Gasteiger charge is 2.21. The molecule has 2 aliphatic heterocycles. The first kappa shape index (κ1) is 24.2. The van der Waals surface area contributed by atoms with Crippen LogP contribution in [0, 0.1) is 5.92 Å². The van der Waals surface area contributed by atoms with Crippen LogP contribution in [0.25, 0.3) is 0 Å². The van der Waals surface area contributed by atoms with Crippen LogP contribution in [-0.2, 0) is 17.6 Å². The fourth-order valence-electron chi connectivity index (χ4n) is 4.68. The number of piperidine rings is 1. The molecule has 0 spiro atoms. The van der Waals surface area contributed by atoms with Gasteiger partial charge in [0, 0.05) is 20.1 Å². The second kappa shape index (κ2) is 12.0. The summed E-state index contributed by atoms with van der Waals surface area (Å²) in [6.45, 7) is 5.08. The molecule has 0 bridgehead atoms. The number of ketones is 1. The second-order valence-corrected chi connectivity index (χ2v) is 9.91. The minimum Gasteiger partial charge on any atom is -0.493 e. The number of carbonyl (C=O) groups is 1. The number of nitrogens with zero attached hydrogens (tertiary/aromatic N) is 1. The van der Waals surface area contributed by atoms with E-state index in [4.69, 9.17) is 14.2 Å². The van der Waals surface area contributed by atoms with Crippen LogP contribution in [-0.4, -0.2) is 57.2 Å². The average molecular weight is 516 g/mol. The largest absolute Gasteiger partial charge is 0.493 e. The van der Waals surface area contributed by atoms with Crippen molar-refractivity contribution in [3.63, 3.8) is 0 Å². The summed E-state index contributed by atoms with van der Waals surface area (Å²) in [4.78, 5) is 14.9. The number of halogens is 1. The zero-order valence-corrected chi connectivity index (χ0v) is 21.1. The van der Waals surface area contributed by atoms with Gasteiger partial charge < -0.3 is 19.1 Å². The molecule has 0 unspecified atom stereocenters. The van der Waals surface area contributed by atoms with Gasteiger partial charge in [0.2, 0.25) is 0 Å². The van der Waals surface area contributed by atoms with Gasteiger partial charge in [0.25, 0.3) is 0 Å². The molecule has 2 aliphatic rings. The molecule has 2 aromatic carbocycles. The standard InChI is InChI=1S/C27H34BrNO4/c1-31-15-16-33-27-19-22(4-6-24(27)28)17-21-9-12-29(13-10-21)11-8-20-5-7-26-23(18-20)25(30)3-2-14-32-26/h4-7,18-19,21H,2-3,8-17H2,1H3. The van der Waals surface area contributed by atoms with Crippen LogP contribution in [0.3, 0.4) is 0 Å². The summed E-state index contributed by atoms with van der Waals surface area (Å²) in [6, 6.07) is 12.6. The number of fused-ring (bicyclic) bond motifs is 1.